The molecule has 1 saturated heterocycles. The van der Waals surface area contributed by atoms with Crippen molar-refractivity contribution in [1.29, 1.82) is 0 Å². The van der Waals surface area contributed by atoms with Crippen LogP contribution in [0.1, 0.15) is 62.6 Å². The Morgan fingerprint density at radius 1 is 1.06 bits per heavy atom. The first kappa shape index (κ1) is 22.6. The quantitative estimate of drug-likeness (QED) is 0.402. The lowest BCUT2D eigenvalue weighted by atomic mass is 9.75. The third kappa shape index (κ3) is 5.45. The number of nitrogens with zero attached hydrogens (tertiary/aromatic N) is 1. The van der Waals surface area contributed by atoms with Crippen molar-refractivity contribution in [2.75, 3.05) is 13.2 Å². The lowest BCUT2D eigenvalue weighted by Crippen LogP contribution is -2.50. The Balaban J connectivity index is 1.64. The fourth-order valence-corrected chi connectivity index (χ4v) is 5.05. The highest BCUT2D eigenvalue weighted by molar-refractivity contribution is 6.30. The summed E-state index contributed by atoms with van der Waals surface area (Å²) in [7, 11) is 0. The van der Waals surface area contributed by atoms with Crippen LogP contribution in [0, 0.1) is 11.8 Å². The molecular weight excluding hydrogens is 429 g/mol. The van der Waals surface area contributed by atoms with Crippen LogP contribution < -0.4 is 0 Å². The molecule has 1 heterocycles. The van der Waals surface area contributed by atoms with E-state index >= 15 is 0 Å². The van der Waals surface area contributed by atoms with Crippen LogP contribution in [-0.2, 0) is 9.53 Å². The van der Waals surface area contributed by atoms with Gasteiger partial charge in [0.2, 0.25) is 5.91 Å². The van der Waals surface area contributed by atoms with Gasteiger partial charge in [-0.15, -0.1) is 0 Å². The third-order valence-electron chi connectivity index (χ3n) is 6.66. The number of ether oxygens (including phenoxy) is 1. The highest BCUT2D eigenvalue weighted by atomic mass is 35.5. The molecule has 1 aliphatic heterocycles. The minimum Gasteiger partial charge on any atom is -0.381 e. The smallest absolute Gasteiger partial charge is 0.226 e. The zero-order valence-corrected chi connectivity index (χ0v) is 19.8. The fraction of sp³-hybridized carbons (Fsp3) is 0.500. The van der Waals surface area contributed by atoms with Crippen molar-refractivity contribution in [2.45, 2.75) is 57.5 Å². The number of carbonyl (C=O) groups is 1. The number of rotatable bonds is 8. The van der Waals surface area contributed by atoms with Crippen molar-refractivity contribution in [1.82, 2.24) is 4.90 Å². The van der Waals surface area contributed by atoms with Crippen molar-refractivity contribution in [3.63, 3.8) is 0 Å². The number of amides is 1. The molecule has 4 atom stereocenters. The minimum absolute atomic E-state index is 0.0395. The van der Waals surface area contributed by atoms with Crippen LogP contribution in [0.3, 0.4) is 0 Å². The highest BCUT2D eigenvalue weighted by Crippen LogP contribution is 2.46. The summed E-state index contributed by atoms with van der Waals surface area (Å²) < 4.78 is 5.89. The first-order valence-electron chi connectivity index (χ1n) is 11.3. The molecule has 2 fully saturated rings. The Labute approximate surface area is 195 Å². The first-order valence-corrected chi connectivity index (χ1v) is 12.1. The van der Waals surface area contributed by atoms with Gasteiger partial charge in [-0.2, -0.15) is 0 Å². The number of benzene rings is 2. The van der Waals surface area contributed by atoms with Gasteiger partial charge in [-0.25, -0.2) is 0 Å². The number of carbonyl (C=O) groups excluding carboxylic acids is 1. The third-order valence-corrected chi connectivity index (χ3v) is 7.15. The average molecular weight is 460 g/mol. The molecule has 1 amide bonds. The maximum absolute atomic E-state index is 13.4. The van der Waals surface area contributed by atoms with Crippen molar-refractivity contribution < 1.29 is 9.53 Å². The number of likely N-dealkylation sites (tertiary alicyclic amines) is 1. The van der Waals surface area contributed by atoms with Gasteiger partial charge in [-0.3, -0.25) is 4.79 Å². The molecule has 0 spiro atoms. The molecule has 1 unspecified atom stereocenters. The van der Waals surface area contributed by atoms with Crippen LogP contribution >= 0.6 is 23.2 Å². The van der Waals surface area contributed by atoms with Crippen molar-refractivity contribution in [2.24, 2.45) is 11.8 Å². The molecule has 2 aromatic carbocycles. The van der Waals surface area contributed by atoms with E-state index in [0.29, 0.717) is 11.6 Å². The van der Waals surface area contributed by atoms with E-state index in [-0.39, 0.29) is 29.8 Å². The van der Waals surface area contributed by atoms with E-state index in [1.165, 1.54) is 18.4 Å². The molecule has 2 aromatic rings. The van der Waals surface area contributed by atoms with Gasteiger partial charge in [0.05, 0.1) is 6.04 Å². The van der Waals surface area contributed by atoms with Crippen LogP contribution in [0.2, 0.25) is 10.0 Å². The molecule has 5 heteroatoms. The summed E-state index contributed by atoms with van der Waals surface area (Å²) >= 11 is 12.5. The summed E-state index contributed by atoms with van der Waals surface area (Å²) in [5.74, 6) is 1.10. The van der Waals surface area contributed by atoms with Crippen LogP contribution in [0.5, 0.6) is 0 Å². The van der Waals surface area contributed by atoms with E-state index < -0.39 is 0 Å². The average Bonchev–Trinajstić information content (AvgIpc) is 3.58. The van der Waals surface area contributed by atoms with Crippen molar-refractivity contribution in [3.8, 4) is 0 Å². The SMILES string of the molecule is CC1C[C@H](c2cccc(Cl)c2)[C@@H](c2ccc(Cl)cc2)N([C@@H](C)CCOCC2CC2)C1=O. The first-order chi connectivity index (χ1) is 14.9. The molecule has 1 aliphatic carbocycles. The zero-order valence-electron chi connectivity index (χ0n) is 18.3. The summed E-state index contributed by atoms with van der Waals surface area (Å²) in [5, 5.41) is 1.43. The van der Waals surface area contributed by atoms with Gasteiger partial charge in [0.1, 0.15) is 0 Å². The van der Waals surface area contributed by atoms with Crippen LogP contribution in [0.15, 0.2) is 48.5 Å². The molecule has 0 radical (unpaired) electrons. The van der Waals surface area contributed by atoms with Crippen molar-refractivity contribution in [3.05, 3.63) is 69.7 Å². The predicted molar refractivity (Wildman–Crippen MR) is 127 cm³/mol. The second-order valence-electron chi connectivity index (χ2n) is 9.20. The van der Waals surface area contributed by atoms with E-state index in [1.807, 2.05) is 37.3 Å². The Bertz CT molecular complexity index is 897. The number of hydrogen-bond acceptors (Lipinski definition) is 2. The highest BCUT2D eigenvalue weighted by Gasteiger charge is 2.43. The molecule has 2 aliphatic rings. The summed E-state index contributed by atoms with van der Waals surface area (Å²) in [6.07, 6.45) is 4.21. The second kappa shape index (κ2) is 9.94. The van der Waals surface area contributed by atoms with Gasteiger partial charge in [0, 0.05) is 41.1 Å². The van der Waals surface area contributed by atoms with Gasteiger partial charge in [-0.1, -0.05) is 54.4 Å². The van der Waals surface area contributed by atoms with E-state index in [0.717, 1.165) is 36.0 Å². The molecule has 0 aromatic heterocycles. The summed E-state index contributed by atoms with van der Waals surface area (Å²) in [5.41, 5.74) is 2.29. The van der Waals surface area contributed by atoms with E-state index in [9.17, 15) is 4.79 Å². The van der Waals surface area contributed by atoms with Crippen LogP contribution in [0.4, 0.5) is 0 Å². The maximum Gasteiger partial charge on any atom is 0.226 e. The van der Waals surface area contributed by atoms with Gasteiger partial charge in [0.25, 0.3) is 0 Å². The predicted octanol–water partition coefficient (Wildman–Crippen LogP) is 6.89. The van der Waals surface area contributed by atoms with Gasteiger partial charge < -0.3 is 9.64 Å². The number of hydrogen-bond donors (Lipinski definition) is 0. The minimum atomic E-state index is -0.0575. The zero-order chi connectivity index (χ0) is 22.0. The van der Waals surface area contributed by atoms with Crippen LogP contribution in [0.25, 0.3) is 0 Å². The van der Waals surface area contributed by atoms with Crippen LogP contribution in [-0.4, -0.2) is 30.1 Å². The second-order valence-corrected chi connectivity index (χ2v) is 10.1. The summed E-state index contributed by atoms with van der Waals surface area (Å²) in [6.45, 7) is 5.73. The lowest BCUT2D eigenvalue weighted by Gasteiger charge is -2.47. The monoisotopic (exact) mass is 459 g/mol. The molecule has 166 valence electrons. The molecule has 31 heavy (non-hydrogen) atoms. The molecule has 3 nitrogen and oxygen atoms in total. The number of halogens is 2. The molecule has 0 N–H and O–H groups in total. The Kier molecular flexibility index (Phi) is 7.26. The van der Waals surface area contributed by atoms with E-state index in [4.69, 9.17) is 27.9 Å². The topological polar surface area (TPSA) is 29.5 Å². The Morgan fingerprint density at radius 2 is 1.81 bits per heavy atom. The number of piperidine rings is 1. The Morgan fingerprint density at radius 3 is 2.48 bits per heavy atom. The maximum atomic E-state index is 13.4. The normalized spacial score (nSPS) is 25.0. The van der Waals surface area contributed by atoms with E-state index in [1.54, 1.807) is 0 Å². The van der Waals surface area contributed by atoms with Gasteiger partial charge in [0.15, 0.2) is 0 Å². The van der Waals surface area contributed by atoms with Gasteiger partial charge >= 0.3 is 0 Å². The van der Waals surface area contributed by atoms with Gasteiger partial charge in [-0.05, 0) is 73.9 Å². The lowest BCUT2D eigenvalue weighted by molar-refractivity contribution is -0.146. The molecule has 4 rings (SSSR count). The van der Waals surface area contributed by atoms with E-state index in [2.05, 4.69) is 30.0 Å². The fourth-order valence-electron chi connectivity index (χ4n) is 4.72. The summed E-state index contributed by atoms with van der Waals surface area (Å²) in [4.78, 5) is 15.5. The Hall–Kier alpha value is -1.55. The largest absolute Gasteiger partial charge is 0.381 e. The molecule has 1 saturated carbocycles. The molecular formula is C26H31Cl2NO2. The molecule has 0 bridgehead atoms. The standard InChI is InChI=1S/C26H31Cl2NO2/c1-17-14-24(21-4-3-5-23(28)15-21)25(20-8-10-22(27)11-9-20)29(26(17)30)18(2)12-13-31-16-19-6-7-19/h3-5,8-11,15,17-19,24-25H,6-7,12-14,16H2,1-2H3/t17?,18-,24+,25+/m0/s1. The van der Waals surface area contributed by atoms with Crippen molar-refractivity contribution >= 4 is 29.1 Å². The summed E-state index contributed by atoms with van der Waals surface area (Å²) in [6, 6.07) is 16.0.